The van der Waals surface area contributed by atoms with Crippen molar-refractivity contribution in [3.8, 4) is 11.1 Å². The van der Waals surface area contributed by atoms with E-state index in [1.165, 1.54) is 4.90 Å². The molecule has 24 heavy (non-hydrogen) atoms. The van der Waals surface area contributed by atoms with E-state index in [1.807, 2.05) is 6.20 Å². The van der Waals surface area contributed by atoms with Crippen LogP contribution in [0.3, 0.4) is 0 Å². The molecular formula is C15H18N6O3. The largest absolute Gasteiger partial charge is 0.465 e. The van der Waals surface area contributed by atoms with Crippen molar-refractivity contribution in [2.75, 3.05) is 18.8 Å². The third kappa shape index (κ3) is 3.14. The minimum atomic E-state index is -0.980. The number of carbonyl (C=O) groups excluding carboxylic acids is 1. The van der Waals surface area contributed by atoms with Crippen molar-refractivity contribution in [2.45, 2.75) is 12.5 Å². The zero-order valence-electron chi connectivity index (χ0n) is 13.1. The number of nitrogens with two attached hydrogens (primary N) is 1. The molecule has 1 fully saturated rings. The van der Waals surface area contributed by atoms with Gasteiger partial charge in [-0.15, -0.1) is 0 Å². The summed E-state index contributed by atoms with van der Waals surface area (Å²) in [5.41, 5.74) is 7.66. The third-order valence-corrected chi connectivity index (χ3v) is 4.00. The third-order valence-electron chi connectivity index (χ3n) is 4.00. The van der Waals surface area contributed by atoms with E-state index in [0.717, 1.165) is 11.1 Å². The summed E-state index contributed by atoms with van der Waals surface area (Å²) in [5.74, 6) is -0.226. The normalized spacial score (nSPS) is 17.0. The average molecular weight is 330 g/mol. The second kappa shape index (κ2) is 6.19. The molecule has 0 unspecified atom stereocenters. The summed E-state index contributed by atoms with van der Waals surface area (Å²) in [7, 11) is 1.80. The summed E-state index contributed by atoms with van der Waals surface area (Å²) in [6, 6.07) is 1.44. The lowest BCUT2D eigenvalue weighted by atomic mass is 10.1. The number of hydrogen-bond acceptors (Lipinski definition) is 5. The summed E-state index contributed by atoms with van der Waals surface area (Å²) in [6.07, 6.45) is 4.68. The Balaban J connectivity index is 1.76. The van der Waals surface area contributed by atoms with Crippen LogP contribution in [0.1, 0.15) is 16.8 Å². The van der Waals surface area contributed by atoms with Gasteiger partial charge >= 0.3 is 6.09 Å². The molecule has 126 valence electrons. The topological polar surface area (TPSA) is 126 Å². The number of nitrogens with zero attached hydrogens (tertiary/aromatic N) is 4. The Kier molecular flexibility index (Phi) is 4.07. The van der Waals surface area contributed by atoms with Gasteiger partial charge in [-0.3, -0.25) is 9.48 Å². The molecule has 0 bridgehead atoms. The SMILES string of the molecule is Cn1cc(-c2cnc(N)c(C(=O)N[C@@H]3CCN(C(=O)O)C3)c2)cn1. The minimum Gasteiger partial charge on any atom is -0.465 e. The van der Waals surface area contributed by atoms with Crippen molar-refractivity contribution < 1.29 is 14.7 Å². The monoisotopic (exact) mass is 330 g/mol. The highest BCUT2D eigenvalue weighted by molar-refractivity contribution is 5.99. The van der Waals surface area contributed by atoms with Gasteiger partial charge < -0.3 is 21.1 Å². The number of pyridine rings is 1. The minimum absolute atomic E-state index is 0.133. The van der Waals surface area contributed by atoms with E-state index in [0.29, 0.717) is 13.0 Å². The molecule has 9 nitrogen and oxygen atoms in total. The van der Waals surface area contributed by atoms with Crippen LogP contribution in [0.2, 0.25) is 0 Å². The second-order valence-corrected chi connectivity index (χ2v) is 5.75. The summed E-state index contributed by atoms with van der Waals surface area (Å²) in [5, 5.41) is 15.9. The van der Waals surface area contributed by atoms with Crippen molar-refractivity contribution in [1.29, 1.82) is 0 Å². The number of nitrogens with one attached hydrogen (secondary N) is 1. The first-order valence-electron chi connectivity index (χ1n) is 7.47. The molecule has 0 radical (unpaired) electrons. The summed E-state index contributed by atoms with van der Waals surface area (Å²) >= 11 is 0. The summed E-state index contributed by atoms with van der Waals surface area (Å²) in [6.45, 7) is 0.681. The van der Waals surface area contributed by atoms with Crippen molar-refractivity contribution in [1.82, 2.24) is 25.0 Å². The fourth-order valence-corrected chi connectivity index (χ4v) is 2.70. The molecule has 0 aromatic carbocycles. The van der Waals surface area contributed by atoms with Crippen LogP contribution in [-0.2, 0) is 7.05 Å². The highest BCUT2D eigenvalue weighted by Crippen LogP contribution is 2.22. The number of aryl methyl sites for hydroxylation is 1. The van der Waals surface area contributed by atoms with Gasteiger partial charge in [-0.1, -0.05) is 0 Å². The quantitative estimate of drug-likeness (QED) is 0.754. The smallest absolute Gasteiger partial charge is 0.407 e. The van der Waals surface area contributed by atoms with Gasteiger partial charge in [0.1, 0.15) is 5.82 Å². The van der Waals surface area contributed by atoms with E-state index in [1.54, 1.807) is 30.2 Å². The van der Waals surface area contributed by atoms with Crippen LogP contribution in [-0.4, -0.2) is 55.9 Å². The van der Waals surface area contributed by atoms with Gasteiger partial charge in [0, 0.05) is 49.7 Å². The van der Waals surface area contributed by atoms with Crippen LogP contribution in [0, 0.1) is 0 Å². The molecule has 2 aromatic heterocycles. The predicted molar refractivity (Wildman–Crippen MR) is 86.3 cm³/mol. The number of carboxylic acid groups (broad SMARTS) is 1. The number of carbonyl (C=O) groups is 2. The summed E-state index contributed by atoms with van der Waals surface area (Å²) < 4.78 is 1.66. The van der Waals surface area contributed by atoms with Crippen molar-refractivity contribution in [3.05, 3.63) is 30.2 Å². The van der Waals surface area contributed by atoms with Crippen LogP contribution < -0.4 is 11.1 Å². The molecule has 1 aliphatic rings. The maximum absolute atomic E-state index is 12.5. The van der Waals surface area contributed by atoms with Crippen LogP contribution in [0.15, 0.2) is 24.7 Å². The Bertz CT molecular complexity index is 787. The highest BCUT2D eigenvalue weighted by Gasteiger charge is 2.27. The highest BCUT2D eigenvalue weighted by atomic mass is 16.4. The van der Waals surface area contributed by atoms with Crippen molar-refractivity contribution in [3.63, 3.8) is 0 Å². The van der Waals surface area contributed by atoms with Gasteiger partial charge in [0.2, 0.25) is 0 Å². The Morgan fingerprint density at radius 1 is 1.38 bits per heavy atom. The molecule has 1 saturated heterocycles. The Morgan fingerprint density at radius 3 is 2.79 bits per heavy atom. The molecule has 0 saturated carbocycles. The lowest BCUT2D eigenvalue weighted by Gasteiger charge is -2.14. The number of rotatable bonds is 3. The lowest BCUT2D eigenvalue weighted by molar-refractivity contribution is 0.0936. The number of amides is 2. The molecule has 1 atom stereocenters. The molecule has 2 aromatic rings. The first-order chi connectivity index (χ1) is 11.4. The Hall–Kier alpha value is -3.10. The fraction of sp³-hybridized carbons (Fsp3) is 0.333. The maximum atomic E-state index is 12.5. The number of nitrogen functional groups attached to an aromatic ring is 1. The maximum Gasteiger partial charge on any atom is 0.407 e. The van der Waals surface area contributed by atoms with Gasteiger partial charge in [-0.05, 0) is 12.5 Å². The Morgan fingerprint density at radius 2 is 2.17 bits per heavy atom. The average Bonchev–Trinajstić information content (AvgIpc) is 3.17. The van der Waals surface area contributed by atoms with Gasteiger partial charge in [0.25, 0.3) is 5.91 Å². The van der Waals surface area contributed by atoms with E-state index >= 15 is 0 Å². The van der Waals surface area contributed by atoms with Crippen molar-refractivity contribution in [2.24, 2.45) is 7.05 Å². The summed E-state index contributed by atoms with van der Waals surface area (Å²) in [4.78, 5) is 28.8. The first-order valence-corrected chi connectivity index (χ1v) is 7.47. The lowest BCUT2D eigenvalue weighted by Crippen LogP contribution is -2.38. The van der Waals surface area contributed by atoms with Gasteiger partial charge in [-0.25, -0.2) is 9.78 Å². The van der Waals surface area contributed by atoms with E-state index < -0.39 is 6.09 Å². The molecular weight excluding hydrogens is 312 g/mol. The van der Waals surface area contributed by atoms with E-state index in [4.69, 9.17) is 10.8 Å². The molecule has 3 heterocycles. The van der Waals surface area contributed by atoms with Crippen LogP contribution in [0.5, 0.6) is 0 Å². The number of likely N-dealkylation sites (tertiary alicyclic amines) is 1. The van der Waals surface area contributed by atoms with Gasteiger partial charge in [-0.2, -0.15) is 5.10 Å². The molecule has 2 amide bonds. The van der Waals surface area contributed by atoms with Crippen LogP contribution >= 0.6 is 0 Å². The molecule has 0 spiro atoms. The predicted octanol–water partition coefficient (Wildman–Crippen LogP) is 0.546. The zero-order chi connectivity index (χ0) is 17.3. The molecule has 9 heteroatoms. The van der Waals surface area contributed by atoms with E-state index in [-0.39, 0.29) is 29.9 Å². The van der Waals surface area contributed by atoms with E-state index in [2.05, 4.69) is 15.4 Å². The van der Waals surface area contributed by atoms with Gasteiger partial charge in [0.05, 0.1) is 11.8 Å². The number of anilines is 1. The van der Waals surface area contributed by atoms with Crippen LogP contribution in [0.25, 0.3) is 11.1 Å². The molecule has 1 aliphatic heterocycles. The van der Waals surface area contributed by atoms with E-state index in [9.17, 15) is 9.59 Å². The van der Waals surface area contributed by atoms with Gasteiger partial charge in [0.15, 0.2) is 0 Å². The molecule has 0 aliphatic carbocycles. The zero-order valence-corrected chi connectivity index (χ0v) is 13.1. The molecule has 4 N–H and O–H groups in total. The molecule has 3 rings (SSSR count). The standard InChI is InChI=1S/C15H18N6O3/c1-20-7-10(6-18-20)9-4-12(13(16)17-5-9)14(22)19-11-2-3-21(8-11)15(23)24/h4-7,11H,2-3,8H2,1H3,(H2,16,17)(H,19,22)(H,23,24)/t11-/m1/s1. The van der Waals surface area contributed by atoms with Crippen molar-refractivity contribution >= 4 is 17.8 Å². The first kappa shape index (κ1) is 15.8. The second-order valence-electron chi connectivity index (χ2n) is 5.75. The number of hydrogen-bond donors (Lipinski definition) is 3. The van der Waals surface area contributed by atoms with Crippen LogP contribution in [0.4, 0.5) is 10.6 Å². The number of aromatic nitrogens is 3. The Labute approximate surface area is 138 Å². The fourth-order valence-electron chi connectivity index (χ4n) is 2.70.